The number of hydrogen-bond acceptors (Lipinski definition) is 4. The average molecular weight is 420 g/mol. The van der Waals surface area contributed by atoms with Crippen molar-refractivity contribution in [3.8, 4) is 17.1 Å². The molecule has 1 N–H and O–H groups in total. The second kappa shape index (κ2) is 7.62. The molecule has 0 saturated heterocycles. The largest absolute Gasteiger partial charge is 0.474 e. The number of alkyl halides is 3. The van der Waals surface area contributed by atoms with Gasteiger partial charge >= 0.3 is 6.18 Å². The van der Waals surface area contributed by atoms with Crippen molar-refractivity contribution in [2.24, 2.45) is 5.41 Å². The van der Waals surface area contributed by atoms with Crippen molar-refractivity contribution >= 4 is 17.2 Å². The summed E-state index contributed by atoms with van der Waals surface area (Å²) in [4.78, 5) is 16.7. The van der Waals surface area contributed by atoms with Gasteiger partial charge in [-0.25, -0.2) is 9.50 Å². The van der Waals surface area contributed by atoms with Gasteiger partial charge < -0.3 is 10.1 Å². The highest BCUT2D eigenvalue weighted by Crippen LogP contribution is 2.37. The van der Waals surface area contributed by atoms with Gasteiger partial charge in [0.05, 0.1) is 29.2 Å². The molecular formula is C21H23F3N4O2. The van der Waals surface area contributed by atoms with Crippen LogP contribution in [-0.4, -0.2) is 26.6 Å². The molecule has 6 nitrogen and oxygen atoms in total. The first kappa shape index (κ1) is 21.6. The lowest BCUT2D eigenvalue weighted by atomic mass is 9.95. The zero-order valence-corrected chi connectivity index (χ0v) is 17.3. The Morgan fingerprint density at radius 3 is 2.43 bits per heavy atom. The van der Waals surface area contributed by atoms with Gasteiger partial charge in [0.25, 0.3) is 0 Å². The third-order valence-electron chi connectivity index (χ3n) is 4.20. The van der Waals surface area contributed by atoms with Crippen LogP contribution < -0.4 is 10.1 Å². The zero-order chi connectivity index (χ0) is 22.3. The number of amides is 1. The van der Waals surface area contributed by atoms with Crippen molar-refractivity contribution in [1.82, 2.24) is 14.6 Å². The quantitative estimate of drug-likeness (QED) is 0.631. The van der Waals surface area contributed by atoms with Crippen LogP contribution in [0.5, 0.6) is 5.88 Å². The van der Waals surface area contributed by atoms with E-state index in [1.165, 1.54) is 16.6 Å². The topological polar surface area (TPSA) is 68.5 Å². The van der Waals surface area contributed by atoms with Crippen molar-refractivity contribution in [2.75, 3.05) is 5.32 Å². The molecule has 0 fully saturated rings. The summed E-state index contributed by atoms with van der Waals surface area (Å²) < 4.78 is 47.4. The van der Waals surface area contributed by atoms with E-state index in [1.54, 1.807) is 39.1 Å². The van der Waals surface area contributed by atoms with Crippen molar-refractivity contribution in [2.45, 2.75) is 46.9 Å². The molecule has 30 heavy (non-hydrogen) atoms. The monoisotopic (exact) mass is 420 g/mol. The molecule has 160 valence electrons. The molecule has 0 aliphatic rings. The number of carbonyl (C=O) groups is 1. The van der Waals surface area contributed by atoms with Gasteiger partial charge in [-0.15, -0.1) is 5.10 Å². The summed E-state index contributed by atoms with van der Waals surface area (Å²) in [7, 11) is 0. The number of nitrogens with zero attached hydrogens (tertiary/aromatic N) is 3. The molecule has 0 radical (unpaired) electrons. The summed E-state index contributed by atoms with van der Waals surface area (Å²) in [5, 5.41) is 6.71. The molecule has 1 aromatic carbocycles. The minimum absolute atomic E-state index is 0.0539. The summed E-state index contributed by atoms with van der Waals surface area (Å²) in [6.45, 7) is 8.64. The first-order valence-electron chi connectivity index (χ1n) is 9.41. The molecule has 3 rings (SSSR count). The highest BCUT2D eigenvalue weighted by molar-refractivity contribution is 5.96. The number of benzene rings is 1. The van der Waals surface area contributed by atoms with E-state index in [0.717, 1.165) is 6.07 Å². The van der Waals surface area contributed by atoms with E-state index in [9.17, 15) is 18.0 Å². The van der Waals surface area contributed by atoms with Gasteiger partial charge in [-0.1, -0.05) is 26.8 Å². The number of ether oxygens (including phenoxy) is 1. The standard InChI is InChI=1S/C21H23F3N4O2/c1-12(2)30-18-9-8-17-25-16(11-28(17)27-18)13-6-7-14(21(22,23)24)15(10-13)26-19(29)20(3,4)5/h6-12H,1-5H3,(H,26,29). The zero-order valence-electron chi connectivity index (χ0n) is 17.3. The molecule has 0 spiro atoms. The second-order valence-electron chi connectivity index (χ2n) is 8.23. The van der Waals surface area contributed by atoms with E-state index < -0.39 is 23.1 Å². The van der Waals surface area contributed by atoms with Gasteiger partial charge in [-0.05, 0) is 32.0 Å². The van der Waals surface area contributed by atoms with Crippen LogP contribution in [0.1, 0.15) is 40.2 Å². The van der Waals surface area contributed by atoms with Crippen LogP contribution in [-0.2, 0) is 11.0 Å². The molecule has 1 amide bonds. The van der Waals surface area contributed by atoms with Gasteiger partial charge in [0.1, 0.15) is 0 Å². The fraction of sp³-hybridized carbons (Fsp3) is 0.381. The molecule has 0 atom stereocenters. The Kier molecular flexibility index (Phi) is 5.49. The molecule has 0 bridgehead atoms. The van der Waals surface area contributed by atoms with Gasteiger partial charge in [0, 0.05) is 17.0 Å². The number of rotatable bonds is 4. The number of halogens is 3. The minimum Gasteiger partial charge on any atom is -0.474 e. The Balaban J connectivity index is 2.03. The summed E-state index contributed by atoms with van der Waals surface area (Å²) in [5.74, 6) is -0.107. The van der Waals surface area contributed by atoms with Crippen molar-refractivity contribution in [3.63, 3.8) is 0 Å². The van der Waals surface area contributed by atoms with Crippen LogP contribution in [0, 0.1) is 5.41 Å². The third kappa shape index (κ3) is 4.72. The Morgan fingerprint density at radius 1 is 1.13 bits per heavy atom. The van der Waals surface area contributed by atoms with E-state index >= 15 is 0 Å². The smallest absolute Gasteiger partial charge is 0.418 e. The molecule has 9 heteroatoms. The van der Waals surface area contributed by atoms with Gasteiger partial charge in [0.15, 0.2) is 5.65 Å². The number of fused-ring (bicyclic) bond motifs is 1. The SMILES string of the molecule is CC(C)Oc1ccc2nc(-c3ccc(C(F)(F)F)c(NC(=O)C(C)(C)C)c3)cn2n1. The van der Waals surface area contributed by atoms with Crippen LogP contribution in [0.2, 0.25) is 0 Å². The normalized spacial score (nSPS) is 12.4. The number of anilines is 1. The minimum atomic E-state index is -4.61. The maximum atomic E-state index is 13.5. The summed E-state index contributed by atoms with van der Waals surface area (Å²) in [6.07, 6.45) is -3.06. The molecule has 3 aromatic rings. The summed E-state index contributed by atoms with van der Waals surface area (Å²) in [6, 6.07) is 6.93. The van der Waals surface area contributed by atoms with Gasteiger partial charge in [0.2, 0.25) is 11.8 Å². The van der Waals surface area contributed by atoms with Crippen LogP contribution in [0.15, 0.2) is 36.5 Å². The summed E-state index contributed by atoms with van der Waals surface area (Å²) in [5.41, 5.74) is -0.722. The lowest BCUT2D eigenvalue weighted by molar-refractivity contribution is -0.137. The average Bonchev–Trinajstić information content (AvgIpc) is 3.02. The lowest BCUT2D eigenvalue weighted by Crippen LogP contribution is -2.28. The first-order valence-corrected chi connectivity index (χ1v) is 9.41. The summed E-state index contributed by atoms with van der Waals surface area (Å²) >= 11 is 0. The van der Waals surface area contributed by atoms with E-state index in [2.05, 4.69) is 15.4 Å². The Bertz CT molecular complexity index is 1080. The van der Waals surface area contributed by atoms with Crippen LogP contribution >= 0.6 is 0 Å². The maximum Gasteiger partial charge on any atom is 0.418 e. The molecule has 2 heterocycles. The van der Waals surface area contributed by atoms with Crippen molar-refractivity contribution in [1.29, 1.82) is 0 Å². The molecule has 0 unspecified atom stereocenters. The first-order chi connectivity index (χ1) is 13.8. The number of aromatic nitrogens is 3. The number of imidazole rings is 1. The van der Waals surface area contributed by atoms with E-state index in [4.69, 9.17) is 4.74 Å². The number of hydrogen-bond donors (Lipinski definition) is 1. The lowest BCUT2D eigenvalue weighted by Gasteiger charge is -2.20. The Labute approximate surface area is 172 Å². The Morgan fingerprint density at radius 2 is 1.83 bits per heavy atom. The van der Waals surface area contributed by atoms with E-state index in [1.807, 2.05) is 13.8 Å². The molecule has 0 aliphatic carbocycles. The van der Waals surface area contributed by atoms with Crippen molar-refractivity contribution < 1.29 is 22.7 Å². The predicted molar refractivity (Wildman–Crippen MR) is 107 cm³/mol. The second-order valence-corrected chi connectivity index (χ2v) is 8.23. The third-order valence-corrected chi connectivity index (χ3v) is 4.20. The Hall–Kier alpha value is -3.10. The van der Waals surface area contributed by atoms with Crippen LogP contribution in [0.4, 0.5) is 18.9 Å². The molecule has 0 saturated carbocycles. The van der Waals surface area contributed by atoms with Gasteiger partial charge in [-0.2, -0.15) is 13.2 Å². The van der Waals surface area contributed by atoms with E-state index in [0.29, 0.717) is 22.8 Å². The van der Waals surface area contributed by atoms with Crippen molar-refractivity contribution in [3.05, 3.63) is 42.1 Å². The maximum absolute atomic E-state index is 13.5. The number of carbonyl (C=O) groups excluding carboxylic acids is 1. The van der Waals surface area contributed by atoms with E-state index in [-0.39, 0.29) is 11.8 Å². The van der Waals surface area contributed by atoms with Gasteiger partial charge in [-0.3, -0.25) is 4.79 Å². The highest BCUT2D eigenvalue weighted by atomic mass is 19.4. The molecule has 2 aromatic heterocycles. The molecule has 0 aliphatic heterocycles. The van der Waals surface area contributed by atoms with Crippen LogP contribution in [0.25, 0.3) is 16.9 Å². The fourth-order valence-electron chi connectivity index (χ4n) is 2.67. The number of nitrogens with one attached hydrogen (secondary N) is 1. The highest BCUT2D eigenvalue weighted by Gasteiger charge is 2.35. The molecular weight excluding hydrogens is 397 g/mol. The van der Waals surface area contributed by atoms with Crippen LogP contribution in [0.3, 0.4) is 0 Å². The predicted octanol–water partition coefficient (Wildman–Crippen LogP) is 5.19. The fourth-order valence-corrected chi connectivity index (χ4v) is 2.67.